The third-order valence-electron chi connectivity index (χ3n) is 3.26. The molecule has 0 saturated heterocycles. The zero-order valence-electron chi connectivity index (χ0n) is 9.32. The number of hydrogen-bond donors (Lipinski definition) is 2. The lowest BCUT2D eigenvalue weighted by molar-refractivity contribution is 0.495. The van der Waals surface area contributed by atoms with Crippen molar-refractivity contribution in [3.8, 4) is 0 Å². The zero-order valence-corrected chi connectivity index (χ0v) is 9.32. The minimum Gasteiger partial charge on any atom is -0.397 e. The molecule has 0 spiro atoms. The summed E-state index contributed by atoms with van der Waals surface area (Å²) in [5.41, 5.74) is 5.85. The minimum atomic E-state index is -0.881. The van der Waals surface area contributed by atoms with E-state index in [1.54, 1.807) is 0 Å². The second-order valence-electron chi connectivity index (χ2n) is 4.72. The van der Waals surface area contributed by atoms with Crippen LogP contribution in [-0.4, -0.2) is 5.54 Å². The van der Waals surface area contributed by atoms with Crippen LogP contribution < -0.4 is 11.1 Å². The fourth-order valence-corrected chi connectivity index (χ4v) is 2.27. The molecule has 1 saturated carbocycles. The van der Waals surface area contributed by atoms with E-state index in [9.17, 15) is 8.78 Å². The number of anilines is 2. The summed E-state index contributed by atoms with van der Waals surface area (Å²) in [4.78, 5) is 0. The Kier molecular flexibility index (Phi) is 2.74. The normalized spacial score (nSPS) is 18.7. The third-order valence-corrected chi connectivity index (χ3v) is 3.26. The van der Waals surface area contributed by atoms with Crippen LogP contribution in [0.1, 0.15) is 32.6 Å². The lowest BCUT2D eigenvalue weighted by Gasteiger charge is -2.27. The summed E-state index contributed by atoms with van der Waals surface area (Å²) in [7, 11) is 0. The molecular weight excluding hydrogens is 210 g/mol. The average Bonchev–Trinajstić information content (AvgIpc) is 2.66. The van der Waals surface area contributed by atoms with Crippen LogP contribution in [0.2, 0.25) is 0 Å². The van der Waals surface area contributed by atoms with E-state index in [0.717, 1.165) is 31.7 Å². The molecule has 1 aliphatic carbocycles. The highest BCUT2D eigenvalue weighted by Gasteiger charge is 2.30. The smallest absolute Gasteiger partial charge is 0.183 e. The van der Waals surface area contributed by atoms with Gasteiger partial charge < -0.3 is 11.1 Å². The summed E-state index contributed by atoms with van der Waals surface area (Å²) < 4.78 is 26.7. The molecule has 0 atom stereocenters. The van der Waals surface area contributed by atoms with Gasteiger partial charge in [0.25, 0.3) is 0 Å². The van der Waals surface area contributed by atoms with Crippen LogP contribution in [0.3, 0.4) is 0 Å². The highest BCUT2D eigenvalue weighted by atomic mass is 19.2. The van der Waals surface area contributed by atoms with Gasteiger partial charge in [-0.3, -0.25) is 0 Å². The first kappa shape index (κ1) is 11.2. The van der Waals surface area contributed by atoms with Gasteiger partial charge in [0.2, 0.25) is 0 Å². The standard InChI is InChI=1S/C12H16F2N2/c1-12(6-2-3-7-12)16-11-9(15)5-4-8(13)10(11)14/h4-5,16H,2-3,6-7,15H2,1H3. The Labute approximate surface area is 93.8 Å². The van der Waals surface area contributed by atoms with Crippen molar-refractivity contribution in [2.75, 3.05) is 11.1 Å². The monoisotopic (exact) mass is 226 g/mol. The van der Waals surface area contributed by atoms with Crippen molar-refractivity contribution < 1.29 is 8.78 Å². The predicted molar refractivity (Wildman–Crippen MR) is 61.3 cm³/mol. The first-order valence-electron chi connectivity index (χ1n) is 5.53. The molecule has 1 aromatic carbocycles. The molecule has 1 aliphatic rings. The van der Waals surface area contributed by atoms with E-state index in [-0.39, 0.29) is 16.9 Å². The van der Waals surface area contributed by atoms with Gasteiger partial charge in [0.05, 0.1) is 11.4 Å². The lowest BCUT2D eigenvalue weighted by atomic mass is 10.00. The molecule has 4 heteroatoms. The number of nitrogen functional groups attached to an aromatic ring is 1. The second kappa shape index (κ2) is 3.92. The Morgan fingerprint density at radius 2 is 1.88 bits per heavy atom. The van der Waals surface area contributed by atoms with Gasteiger partial charge in [-0.1, -0.05) is 12.8 Å². The molecule has 1 fully saturated rings. The average molecular weight is 226 g/mol. The molecule has 0 amide bonds. The van der Waals surface area contributed by atoms with Gasteiger partial charge in [-0.15, -0.1) is 0 Å². The molecule has 1 aromatic rings. The van der Waals surface area contributed by atoms with Gasteiger partial charge in [-0.05, 0) is 31.9 Å². The molecule has 0 heterocycles. The largest absolute Gasteiger partial charge is 0.397 e. The number of nitrogens with two attached hydrogens (primary N) is 1. The first-order valence-corrected chi connectivity index (χ1v) is 5.53. The summed E-state index contributed by atoms with van der Waals surface area (Å²) in [6, 6.07) is 2.44. The van der Waals surface area contributed by atoms with E-state index < -0.39 is 11.6 Å². The Morgan fingerprint density at radius 3 is 2.50 bits per heavy atom. The van der Waals surface area contributed by atoms with Gasteiger partial charge in [-0.25, -0.2) is 8.78 Å². The van der Waals surface area contributed by atoms with E-state index >= 15 is 0 Å². The number of rotatable bonds is 2. The van der Waals surface area contributed by atoms with Crippen LogP contribution >= 0.6 is 0 Å². The fourth-order valence-electron chi connectivity index (χ4n) is 2.27. The van der Waals surface area contributed by atoms with Crippen LogP contribution in [0.15, 0.2) is 12.1 Å². The molecule has 0 aromatic heterocycles. The number of halogens is 2. The predicted octanol–water partition coefficient (Wildman–Crippen LogP) is 3.29. The van der Waals surface area contributed by atoms with Gasteiger partial charge >= 0.3 is 0 Å². The maximum Gasteiger partial charge on any atom is 0.183 e. The highest BCUT2D eigenvalue weighted by molar-refractivity contribution is 5.67. The van der Waals surface area contributed by atoms with Crippen LogP contribution in [0.25, 0.3) is 0 Å². The summed E-state index contributed by atoms with van der Waals surface area (Å²) in [6.45, 7) is 2.02. The van der Waals surface area contributed by atoms with Crippen molar-refractivity contribution in [3.63, 3.8) is 0 Å². The molecule has 2 rings (SSSR count). The number of nitrogens with one attached hydrogen (secondary N) is 1. The number of hydrogen-bond acceptors (Lipinski definition) is 2. The number of benzene rings is 1. The van der Waals surface area contributed by atoms with Crippen molar-refractivity contribution in [3.05, 3.63) is 23.8 Å². The molecule has 0 unspecified atom stereocenters. The second-order valence-corrected chi connectivity index (χ2v) is 4.72. The molecule has 0 bridgehead atoms. The van der Waals surface area contributed by atoms with E-state index in [2.05, 4.69) is 5.32 Å². The maximum absolute atomic E-state index is 13.6. The Balaban J connectivity index is 2.30. The SMILES string of the molecule is CC1(Nc2c(N)ccc(F)c2F)CCCC1. The lowest BCUT2D eigenvalue weighted by Crippen LogP contribution is -2.31. The molecule has 0 aliphatic heterocycles. The van der Waals surface area contributed by atoms with Crippen molar-refractivity contribution in [1.29, 1.82) is 0 Å². The van der Waals surface area contributed by atoms with Crippen LogP contribution in [0.4, 0.5) is 20.2 Å². The topological polar surface area (TPSA) is 38.0 Å². The van der Waals surface area contributed by atoms with Gasteiger partial charge in [0, 0.05) is 5.54 Å². The van der Waals surface area contributed by atoms with Crippen molar-refractivity contribution in [2.45, 2.75) is 38.1 Å². The van der Waals surface area contributed by atoms with Crippen LogP contribution in [-0.2, 0) is 0 Å². The first-order chi connectivity index (χ1) is 7.52. The van der Waals surface area contributed by atoms with E-state index in [1.165, 1.54) is 6.07 Å². The van der Waals surface area contributed by atoms with Crippen molar-refractivity contribution in [2.24, 2.45) is 0 Å². The summed E-state index contributed by atoms with van der Waals surface area (Å²) >= 11 is 0. The van der Waals surface area contributed by atoms with Crippen LogP contribution in [0.5, 0.6) is 0 Å². The Hall–Kier alpha value is -1.32. The molecule has 2 nitrogen and oxygen atoms in total. The van der Waals surface area contributed by atoms with Crippen molar-refractivity contribution >= 4 is 11.4 Å². The van der Waals surface area contributed by atoms with Gasteiger partial charge in [0.15, 0.2) is 11.6 Å². The molecule has 0 radical (unpaired) electrons. The summed E-state index contributed by atoms with van der Waals surface area (Å²) in [5, 5.41) is 3.05. The molecule has 16 heavy (non-hydrogen) atoms. The molecule has 3 N–H and O–H groups in total. The molecule has 88 valence electrons. The molecular formula is C12H16F2N2. The maximum atomic E-state index is 13.6. The Morgan fingerprint density at radius 1 is 1.25 bits per heavy atom. The van der Waals surface area contributed by atoms with E-state index in [1.807, 2.05) is 6.92 Å². The zero-order chi connectivity index (χ0) is 11.8. The van der Waals surface area contributed by atoms with E-state index in [4.69, 9.17) is 5.73 Å². The minimum absolute atomic E-state index is 0.101. The fraction of sp³-hybridized carbons (Fsp3) is 0.500. The quantitative estimate of drug-likeness (QED) is 0.759. The summed E-state index contributed by atoms with van der Waals surface area (Å²) in [5.74, 6) is -1.74. The van der Waals surface area contributed by atoms with Gasteiger partial charge in [0.1, 0.15) is 0 Å². The third kappa shape index (κ3) is 1.96. The van der Waals surface area contributed by atoms with E-state index in [0.29, 0.717) is 0 Å². The van der Waals surface area contributed by atoms with Gasteiger partial charge in [-0.2, -0.15) is 0 Å². The highest BCUT2D eigenvalue weighted by Crippen LogP contribution is 2.35. The van der Waals surface area contributed by atoms with Crippen molar-refractivity contribution in [1.82, 2.24) is 0 Å². The van der Waals surface area contributed by atoms with Crippen LogP contribution in [0, 0.1) is 11.6 Å². The summed E-state index contributed by atoms with van der Waals surface area (Å²) in [6.07, 6.45) is 4.14. The Bertz CT molecular complexity index is 398.